The number of aryl methyl sites for hydroxylation is 1. The zero-order valence-corrected chi connectivity index (χ0v) is 16.0. The average molecular weight is 381 g/mol. The van der Waals surface area contributed by atoms with Crippen LogP contribution >= 0.6 is 0 Å². The first-order valence-electron chi connectivity index (χ1n) is 9.01. The number of ether oxygens (including phenoxy) is 1. The van der Waals surface area contributed by atoms with E-state index < -0.39 is 23.8 Å². The van der Waals surface area contributed by atoms with E-state index in [9.17, 15) is 19.8 Å². The Morgan fingerprint density at radius 2 is 1.71 bits per heavy atom. The summed E-state index contributed by atoms with van der Waals surface area (Å²) in [7, 11) is 1.55. The fourth-order valence-electron chi connectivity index (χ4n) is 3.35. The van der Waals surface area contributed by atoms with Gasteiger partial charge in [-0.05, 0) is 31.5 Å². The Morgan fingerprint density at radius 3 is 2.25 bits per heavy atom. The van der Waals surface area contributed by atoms with Gasteiger partial charge in [0.1, 0.15) is 11.5 Å². The lowest BCUT2D eigenvalue weighted by Crippen LogP contribution is -2.35. The molecule has 2 unspecified atom stereocenters. The SMILES string of the molecule is COc1ccc(C2/C(=C(/O)c3ccc(C)cc3)C(=O)C(=O)N2CC(C)O)cc1. The highest BCUT2D eigenvalue weighted by molar-refractivity contribution is 6.46. The molecule has 2 aromatic rings. The van der Waals surface area contributed by atoms with Gasteiger partial charge in [-0.1, -0.05) is 42.0 Å². The normalized spacial score (nSPS) is 19.7. The van der Waals surface area contributed by atoms with Crippen LogP contribution in [0.25, 0.3) is 5.76 Å². The molecule has 0 aliphatic carbocycles. The number of hydrogen-bond acceptors (Lipinski definition) is 5. The molecule has 2 atom stereocenters. The Morgan fingerprint density at radius 1 is 1.11 bits per heavy atom. The number of ketones is 1. The number of rotatable bonds is 5. The minimum absolute atomic E-state index is 0.0136. The number of Topliss-reactive ketones (excluding diaryl/α,β-unsaturated/α-hetero) is 1. The molecule has 0 saturated carbocycles. The van der Waals surface area contributed by atoms with Crippen LogP contribution in [0, 0.1) is 6.92 Å². The lowest BCUT2D eigenvalue weighted by atomic mass is 9.95. The van der Waals surface area contributed by atoms with Crippen molar-refractivity contribution in [3.05, 3.63) is 70.8 Å². The second kappa shape index (κ2) is 7.86. The number of methoxy groups -OCH3 is 1. The van der Waals surface area contributed by atoms with Crippen molar-refractivity contribution in [3.63, 3.8) is 0 Å². The van der Waals surface area contributed by atoms with Crippen LogP contribution in [0.4, 0.5) is 0 Å². The van der Waals surface area contributed by atoms with E-state index in [4.69, 9.17) is 4.74 Å². The predicted molar refractivity (Wildman–Crippen MR) is 105 cm³/mol. The summed E-state index contributed by atoms with van der Waals surface area (Å²) >= 11 is 0. The molecule has 0 radical (unpaired) electrons. The van der Waals surface area contributed by atoms with Gasteiger partial charge in [0.15, 0.2) is 0 Å². The molecule has 28 heavy (non-hydrogen) atoms. The van der Waals surface area contributed by atoms with Crippen LogP contribution in [-0.2, 0) is 9.59 Å². The Hall–Kier alpha value is -3.12. The first kappa shape index (κ1) is 19.6. The van der Waals surface area contributed by atoms with Crippen LogP contribution in [0.15, 0.2) is 54.1 Å². The number of nitrogens with zero attached hydrogens (tertiary/aromatic N) is 1. The molecule has 1 aliphatic heterocycles. The lowest BCUT2D eigenvalue weighted by Gasteiger charge is -2.26. The van der Waals surface area contributed by atoms with Crippen LogP contribution in [0.2, 0.25) is 0 Å². The number of carbonyl (C=O) groups excluding carboxylic acids is 2. The highest BCUT2D eigenvalue weighted by atomic mass is 16.5. The molecule has 3 rings (SSSR count). The van der Waals surface area contributed by atoms with Gasteiger partial charge in [0.05, 0.1) is 24.8 Å². The van der Waals surface area contributed by atoms with Crippen LogP contribution in [0.1, 0.15) is 29.7 Å². The van der Waals surface area contributed by atoms with Crippen LogP contribution in [0.3, 0.4) is 0 Å². The number of β-amino-alcohol motifs (C(OH)–C–C–N with tert-alkyl or cyclic N) is 1. The Balaban J connectivity index is 2.16. The number of aliphatic hydroxyl groups excluding tert-OH is 2. The molecule has 1 heterocycles. The molecule has 0 aromatic heterocycles. The Labute approximate surface area is 163 Å². The van der Waals surface area contributed by atoms with Crippen molar-refractivity contribution in [2.45, 2.75) is 26.0 Å². The third kappa shape index (κ3) is 3.64. The minimum atomic E-state index is -0.821. The van der Waals surface area contributed by atoms with Crippen molar-refractivity contribution >= 4 is 17.4 Å². The molecule has 1 fully saturated rings. The standard InChI is InChI=1S/C22H23NO5/c1-13-4-6-16(7-5-13)20(25)18-19(15-8-10-17(28-3)11-9-15)23(12-14(2)24)22(27)21(18)26/h4-11,14,19,24-25H,12H2,1-3H3/b20-18-. The summed E-state index contributed by atoms with van der Waals surface area (Å²) in [6.45, 7) is 3.44. The molecule has 146 valence electrons. The van der Waals surface area contributed by atoms with E-state index in [1.54, 1.807) is 50.4 Å². The van der Waals surface area contributed by atoms with Crippen molar-refractivity contribution in [1.29, 1.82) is 0 Å². The molecule has 6 nitrogen and oxygen atoms in total. The first-order valence-corrected chi connectivity index (χ1v) is 9.01. The zero-order chi connectivity index (χ0) is 20.4. The molecule has 1 aliphatic rings. The molecule has 1 saturated heterocycles. The summed E-state index contributed by atoms with van der Waals surface area (Å²) in [5.41, 5.74) is 2.13. The van der Waals surface area contributed by atoms with E-state index in [0.29, 0.717) is 16.9 Å². The fourth-order valence-corrected chi connectivity index (χ4v) is 3.35. The van der Waals surface area contributed by atoms with E-state index in [-0.39, 0.29) is 17.9 Å². The van der Waals surface area contributed by atoms with Gasteiger partial charge in [0, 0.05) is 12.1 Å². The van der Waals surface area contributed by atoms with Gasteiger partial charge in [-0.15, -0.1) is 0 Å². The maximum atomic E-state index is 12.8. The maximum absolute atomic E-state index is 12.8. The second-order valence-corrected chi connectivity index (χ2v) is 6.94. The van der Waals surface area contributed by atoms with Crippen molar-refractivity contribution in [3.8, 4) is 5.75 Å². The molecule has 2 aromatic carbocycles. The molecule has 0 spiro atoms. The van der Waals surface area contributed by atoms with Gasteiger partial charge in [-0.25, -0.2) is 0 Å². The zero-order valence-electron chi connectivity index (χ0n) is 16.0. The predicted octanol–water partition coefficient (Wildman–Crippen LogP) is 2.81. The highest BCUT2D eigenvalue weighted by Crippen LogP contribution is 2.39. The van der Waals surface area contributed by atoms with Crippen molar-refractivity contribution < 1.29 is 24.5 Å². The van der Waals surface area contributed by atoms with Gasteiger partial charge in [-0.2, -0.15) is 0 Å². The van der Waals surface area contributed by atoms with Crippen molar-refractivity contribution in [1.82, 2.24) is 4.90 Å². The summed E-state index contributed by atoms with van der Waals surface area (Å²) < 4.78 is 5.17. The highest BCUT2D eigenvalue weighted by Gasteiger charge is 2.46. The second-order valence-electron chi connectivity index (χ2n) is 6.94. The van der Waals surface area contributed by atoms with Gasteiger partial charge in [-0.3, -0.25) is 9.59 Å². The summed E-state index contributed by atoms with van der Waals surface area (Å²) in [4.78, 5) is 26.7. The maximum Gasteiger partial charge on any atom is 0.295 e. The van der Waals surface area contributed by atoms with Gasteiger partial charge in [0.25, 0.3) is 11.7 Å². The average Bonchev–Trinajstić information content (AvgIpc) is 2.92. The minimum Gasteiger partial charge on any atom is -0.507 e. The molecule has 2 N–H and O–H groups in total. The van der Waals surface area contributed by atoms with E-state index in [1.807, 2.05) is 19.1 Å². The van der Waals surface area contributed by atoms with E-state index in [1.165, 1.54) is 4.90 Å². The molecule has 6 heteroatoms. The topological polar surface area (TPSA) is 87.1 Å². The van der Waals surface area contributed by atoms with Gasteiger partial charge in [0.2, 0.25) is 0 Å². The summed E-state index contributed by atoms with van der Waals surface area (Å²) in [5, 5.41) is 20.7. The number of carbonyl (C=O) groups is 2. The van der Waals surface area contributed by atoms with E-state index >= 15 is 0 Å². The number of hydrogen-bond donors (Lipinski definition) is 2. The van der Waals surface area contributed by atoms with Crippen molar-refractivity contribution in [2.24, 2.45) is 0 Å². The first-order chi connectivity index (χ1) is 13.3. The fraction of sp³-hybridized carbons (Fsp3) is 0.273. The van der Waals surface area contributed by atoms with Crippen LogP contribution in [0.5, 0.6) is 5.75 Å². The van der Waals surface area contributed by atoms with E-state index in [2.05, 4.69) is 0 Å². The summed E-state index contributed by atoms with van der Waals surface area (Å²) in [6.07, 6.45) is -0.821. The molecule has 1 amide bonds. The van der Waals surface area contributed by atoms with Crippen LogP contribution in [-0.4, -0.2) is 46.6 Å². The summed E-state index contributed by atoms with van der Waals surface area (Å²) in [6, 6.07) is 13.2. The Kier molecular flexibility index (Phi) is 5.51. The largest absolute Gasteiger partial charge is 0.507 e. The van der Waals surface area contributed by atoms with Crippen LogP contribution < -0.4 is 4.74 Å². The van der Waals surface area contributed by atoms with Gasteiger partial charge >= 0.3 is 0 Å². The Bertz CT molecular complexity index is 913. The molecular weight excluding hydrogens is 358 g/mol. The number of likely N-dealkylation sites (tertiary alicyclic amines) is 1. The number of benzene rings is 2. The quantitative estimate of drug-likeness (QED) is 0.472. The van der Waals surface area contributed by atoms with E-state index in [0.717, 1.165) is 5.56 Å². The third-order valence-electron chi connectivity index (χ3n) is 4.76. The monoisotopic (exact) mass is 381 g/mol. The summed E-state index contributed by atoms with van der Waals surface area (Å²) in [5.74, 6) is -1.10. The molecular formula is C22H23NO5. The third-order valence-corrected chi connectivity index (χ3v) is 4.76. The van der Waals surface area contributed by atoms with Crippen molar-refractivity contribution in [2.75, 3.05) is 13.7 Å². The molecule has 0 bridgehead atoms. The lowest BCUT2D eigenvalue weighted by molar-refractivity contribution is -0.140. The number of aliphatic hydroxyl groups is 2. The number of amides is 1. The smallest absolute Gasteiger partial charge is 0.295 e. The van der Waals surface area contributed by atoms with Gasteiger partial charge < -0.3 is 19.8 Å².